The Balaban J connectivity index is 1.59. The SMILES string of the molecule is CCOc1ccc(NC(=O)Nc2ccc(Nc3nc(C)cc(N(CC)CC)n3)cc2)cc1. The predicted octanol–water partition coefficient (Wildman–Crippen LogP) is 5.42. The van der Waals surface area contributed by atoms with E-state index in [1.165, 1.54) is 0 Å². The van der Waals surface area contributed by atoms with E-state index in [1.807, 2.05) is 56.3 Å². The zero-order valence-electron chi connectivity index (χ0n) is 19.0. The molecule has 168 valence electrons. The Hall–Kier alpha value is -3.81. The summed E-state index contributed by atoms with van der Waals surface area (Å²) >= 11 is 0. The molecule has 0 unspecified atom stereocenters. The molecule has 0 aliphatic heterocycles. The Morgan fingerprint density at radius 2 is 1.44 bits per heavy atom. The van der Waals surface area contributed by atoms with Crippen LogP contribution in [-0.4, -0.2) is 35.7 Å². The van der Waals surface area contributed by atoms with Crippen molar-refractivity contribution in [3.63, 3.8) is 0 Å². The minimum atomic E-state index is -0.319. The van der Waals surface area contributed by atoms with E-state index in [2.05, 4.69) is 44.7 Å². The zero-order valence-corrected chi connectivity index (χ0v) is 19.0. The Labute approximate surface area is 189 Å². The van der Waals surface area contributed by atoms with Crippen LogP contribution in [0.3, 0.4) is 0 Å². The van der Waals surface area contributed by atoms with Crippen LogP contribution in [-0.2, 0) is 0 Å². The van der Waals surface area contributed by atoms with Crippen LogP contribution in [0.2, 0.25) is 0 Å². The third kappa shape index (κ3) is 6.34. The molecule has 0 fully saturated rings. The molecule has 0 bridgehead atoms. The summed E-state index contributed by atoms with van der Waals surface area (Å²) in [6.07, 6.45) is 0. The molecule has 32 heavy (non-hydrogen) atoms. The second kappa shape index (κ2) is 11.0. The Bertz CT molecular complexity index is 1020. The van der Waals surface area contributed by atoms with Gasteiger partial charge in [0.15, 0.2) is 0 Å². The van der Waals surface area contributed by atoms with Crippen molar-refractivity contribution in [3.8, 4) is 5.75 Å². The highest BCUT2D eigenvalue weighted by Gasteiger charge is 2.08. The van der Waals surface area contributed by atoms with Crippen molar-refractivity contribution in [1.82, 2.24) is 9.97 Å². The monoisotopic (exact) mass is 434 g/mol. The van der Waals surface area contributed by atoms with Crippen molar-refractivity contribution >= 4 is 34.9 Å². The summed E-state index contributed by atoms with van der Waals surface area (Å²) in [6, 6.07) is 16.3. The molecule has 1 heterocycles. The van der Waals surface area contributed by atoms with Gasteiger partial charge in [0.25, 0.3) is 0 Å². The fourth-order valence-electron chi connectivity index (χ4n) is 3.18. The summed E-state index contributed by atoms with van der Waals surface area (Å²) in [5.41, 5.74) is 3.09. The van der Waals surface area contributed by atoms with Crippen LogP contribution in [0.1, 0.15) is 26.5 Å². The largest absolute Gasteiger partial charge is 0.494 e. The first kappa shape index (κ1) is 22.9. The van der Waals surface area contributed by atoms with Gasteiger partial charge in [0.1, 0.15) is 11.6 Å². The van der Waals surface area contributed by atoms with Crippen molar-refractivity contribution < 1.29 is 9.53 Å². The highest BCUT2D eigenvalue weighted by Crippen LogP contribution is 2.21. The molecule has 0 aliphatic carbocycles. The van der Waals surface area contributed by atoms with Crippen LogP contribution in [0.4, 0.5) is 33.6 Å². The second-order valence-electron chi connectivity index (χ2n) is 7.10. The first-order chi connectivity index (χ1) is 15.5. The van der Waals surface area contributed by atoms with Gasteiger partial charge >= 0.3 is 6.03 Å². The van der Waals surface area contributed by atoms with Crippen LogP contribution in [0.25, 0.3) is 0 Å². The summed E-state index contributed by atoms with van der Waals surface area (Å²) in [5, 5.41) is 8.86. The summed E-state index contributed by atoms with van der Waals surface area (Å²) in [5.74, 6) is 2.21. The van der Waals surface area contributed by atoms with E-state index in [0.29, 0.717) is 23.9 Å². The first-order valence-electron chi connectivity index (χ1n) is 10.8. The lowest BCUT2D eigenvalue weighted by molar-refractivity contribution is 0.262. The maximum atomic E-state index is 12.3. The summed E-state index contributed by atoms with van der Waals surface area (Å²) in [4.78, 5) is 23.5. The molecule has 2 amide bonds. The number of aromatic nitrogens is 2. The molecule has 0 saturated carbocycles. The minimum Gasteiger partial charge on any atom is -0.494 e. The highest BCUT2D eigenvalue weighted by atomic mass is 16.5. The van der Waals surface area contributed by atoms with Gasteiger partial charge in [-0.05, 0) is 76.2 Å². The van der Waals surface area contributed by atoms with Gasteiger partial charge in [0, 0.05) is 41.9 Å². The van der Waals surface area contributed by atoms with E-state index in [9.17, 15) is 4.79 Å². The molecule has 3 rings (SSSR count). The molecule has 8 heteroatoms. The molecule has 1 aromatic heterocycles. The lowest BCUT2D eigenvalue weighted by atomic mass is 10.3. The number of nitrogens with zero attached hydrogens (tertiary/aromatic N) is 3. The number of carbonyl (C=O) groups excluding carboxylic acids is 1. The Kier molecular flexibility index (Phi) is 7.85. The van der Waals surface area contributed by atoms with Crippen molar-refractivity contribution in [2.45, 2.75) is 27.7 Å². The lowest BCUT2D eigenvalue weighted by Crippen LogP contribution is -2.23. The van der Waals surface area contributed by atoms with E-state index >= 15 is 0 Å². The molecule has 0 radical (unpaired) electrons. The lowest BCUT2D eigenvalue weighted by Gasteiger charge is -2.20. The third-order valence-electron chi connectivity index (χ3n) is 4.75. The average Bonchev–Trinajstić information content (AvgIpc) is 2.77. The molecule has 8 nitrogen and oxygen atoms in total. The van der Waals surface area contributed by atoms with Crippen LogP contribution >= 0.6 is 0 Å². The van der Waals surface area contributed by atoms with Crippen molar-refractivity contribution in [1.29, 1.82) is 0 Å². The topological polar surface area (TPSA) is 91.4 Å². The maximum absolute atomic E-state index is 12.3. The maximum Gasteiger partial charge on any atom is 0.323 e. The van der Waals surface area contributed by atoms with Crippen LogP contribution < -0.4 is 25.6 Å². The number of anilines is 5. The fraction of sp³-hybridized carbons (Fsp3) is 0.292. The van der Waals surface area contributed by atoms with Crippen molar-refractivity contribution in [2.75, 3.05) is 40.5 Å². The van der Waals surface area contributed by atoms with Gasteiger partial charge in [-0.1, -0.05) is 0 Å². The minimum absolute atomic E-state index is 0.319. The molecular formula is C24H30N6O2. The van der Waals surface area contributed by atoms with Crippen LogP contribution in [0.15, 0.2) is 54.6 Å². The number of ether oxygens (including phenoxy) is 1. The van der Waals surface area contributed by atoms with E-state index in [0.717, 1.165) is 36.0 Å². The quantitative estimate of drug-likeness (QED) is 0.417. The average molecular weight is 435 g/mol. The number of urea groups is 1. The van der Waals surface area contributed by atoms with Gasteiger partial charge in [-0.25, -0.2) is 9.78 Å². The molecule has 0 spiro atoms. The number of carbonyl (C=O) groups is 1. The molecule has 0 saturated heterocycles. The Morgan fingerprint density at radius 1 is 0.875 bits per heavy atom. The zero-order chi connectivity index (χ0) is 22.9. The van der Waals surface area contributed by atoms with Gasteiger partial charge in [-0.15, -0.1) is 0 Å². The number of hydrogen-bond donors (Lipinski definition) is 3. The Morgan fingerprint density at radius 3 is 2.00 bits per heavy atom. The summed E-state index contributed by atoms with van der Waals surface area (Å²) < 4.78 is 5.41. The van der Waals surface area contributed by atoms with Crippen molar-refractivity contribution in [2.24, 2.45) is 0 Å². The molecule has 0 atom stereocenters. The predicted molar refractivity (Wildman–Crippen MR) is 130 cm³/mol. The van der Waals surface area contributed by atoms with Gasteiger partial charge < -0.3 is 25.6 Å². The number of amides is 2. The molecule has 2 aromatic carbocycles. The van der Waals surface area contributed by atoms with E-state index in [4.69, 9.17) is 4.74 Å². The van der Waals surface area contributed by atoms with Gasteiger partial charge in [0.2, 0.25) is 5.95 Å². The van der Waals surface area contributed by atoms with E-state index in [1.54, 1.807) is 12.1 Å². The first-order valence-corrected chi connectivity index (χ1v) is 10.8. The number of nitrogens with one attached hydrogen (secondary N) is 3. The van der Waals surface area contributed by atoms with E-state index in [-0.39, 0.29) is 6.03 Å². The highest BCUT2D eigenvalue weighted by molar-refractivity contribution is 5.99. The number of hydrogen-bond acceptors (Lipinski definition) is 6. The van der Waals surface area contributed by atoms with E-state index < -0.39 is 0 Å². The normalized spacial score (nSPS) is 10.4. The molecule has 0 aliphatic rings. The third-order valence-corrected chi connectivity index (χ3v) is 4.75. The van der Waals surface area contributed by atoms with Gasteiger partial charge in [-0.3, -0.25) is 0 Å². The standard InChI is InChI=1S/C24H30N6O2/c1-5-30(6-2)22-16-17(4)25-23(29-22)26-18-8-10-19(11-9-18)27-24(31)28-20-12-14-21(15-13-20)32-7-3/h8-16H,5-7H2,1-4H3,(H,25,26,29)(H2,27,28,31). The van der Waals surface area contributed by atoms with Gasteiger partial charge in [0.05, 0.1) is 6.61 Å². The number of aryl methyl sites for hydroxylation is 1. The molecular weight excluding hydrogens is 404 g/mol. The van der Waals surface area contributed by atoms with Crippen LogP contribution in [0, 0.1) is 6.92 Å². The molecule has 3 N–H and O–H groups in total. The summed E-state index contributed by atoms with van der Waals surface area (Å²) in [7, 11) is 0. The number of benzene rings is 2. The second-order valence-corrected chi connectivity index (χ2v) is 7.10. The number of rotatable bonds is 9. The smallest absolute Gasteiger partial charge is 0.323 e. The van der Waals surface area contributed by atoms with Gasteiger partial charge in [-0.2, -0.15) is 4.98 Å². The fourth-order valence-corrected chi connectivity index (χ4v) is 3.18. The molecule has 3 aromatic rings. The van der Waals surface area contributed by atoms with Crippen LogP contribution in [0.5, 0.6) is 5.75 Å². The van der Waals surface area contributed by atoms with Crippen molar-refractivity contribution in [3.05, 3.63) is 60.3 Å². The summed E-state index contributed by atoms with van der Waals surface area (Å²) in [6.45, 7) is 10.5.